The number of carbonyl (C=O) groups is 1. The maximum atomic E-state index is 10.7. The Balaban J connectivity index is 2.11. The Morgan fingerprint density at radius 2 is 1.94 bits per heavy atom. The van der Waals surface area contributed by atoms with Crippen LogP contribution in [0, 0.1) is 5.92 Å². The summed E-state index contributed by atoms with van der Waals surface area (Å²) >= 11 is 0. The van der Waals surface area contributed by atoms with Crippen LogP contribution in [0.2, 0.25) is 0 Å². The first kappa shape index (κ1) is 14.4. The van der Waals surface area contributed by atoms with Gasteiger partial charge in [0.05, 0.1) is 25.2 Å². The van der Waals surface area contributed by atoms with Gasteiger partial charge < -0.3 is 19.7 Å². The molecule has 1 aliphatic carbocycles. The number of ether oxygens (including phenoxy) is 2. The van der Waals surface area contributed by atoms with Crippen molar-refractivity contribution in [3.63, 3.8) is 0 Å². The van der Waals surface area contributed by atoms with E-state index in [1.54, 1.807) is 0 Å². The van der Waals surface area contributed by atoms with Gasteiger partial charge in [-0.3, -0.25) is 4.79 Å². The maximum absolute atomic E-state index is 10.7. The van der Waals surface area contributed by atoms with E-state index in [2.05, 4.69) is 0 Å². The third-order valence-electron chi connectivity index (χ3n) is 3.06. The molecule has 17 heavy (non-hydrogen) atoms. The van der Waals surface area contributed by atoms with E-state index >= 15 is 0 Å². The van der Waals surface area contributed by atoms with Gasteiger partial charge in [-0.15, -0.1) is 0 Å². The van der Waals surface area contributed by atoms with Gasteiger partial charge >= 0.3 is 5.97 Å². The largest absolute Gasteiger partial charge is 0.481 e. The molecule has 0 amide bonds. The van der Waals surface area contributed by atoms with Crippen molar-refractivity contribution in [2.75, 3.05) is 19.8 Å². The van der Waals surface area contributed by atoms with Crippen LogP contribution in [0.15, 0.2) is 0 Å². The molecule has 100 valence electrons. The van der Waals surface area contributed by atoms with Gasteiger partial charge in [0.2, 0.25) is 0 Å². The average Bonchev–Trinajstić information content (AvgIpc) is 2.34. The fourth-order valence-electron chi connectivity index (χ4n) is 2.03. The zero-order valence-electron chi connectivity index (χ0n) is 10.3. The van der Waals surface area contributed by atoms with Gasteiger partial charge in [-0.2, -0.15) is 0 Å². The molecule has 1 atom stereocenters. The Bertz CT molecular complexity index is 223. The fourth-order valence-corrected chi connectivity index (χ4v) is 2.03. The Morgan fingerprint density at radius 1 is 1.29 bits per heavy atom. The van der Waals surface area contributed by atoms with Gasteiger partial charge in [0.1, 0.15) is 6.10 Å². The summed E-state index contributed by atoms with van der Waals surface area (Å²) in [6.07, 6.45) is 2.36. The van der Waals surface area contributed by atoms with Crippen molar-refractivity contribution >= 4 is 5.97 Å². The van der Waals surface area contributed by atoms with Crippen LogP contribution in [0.4, 0.5) is 0 Å². The first-order valence-corrected chi connectivity index (χ1v) is 6.23. The molecule has 0 aromatic rings. The van der Waals surface area contributed by atoms with Crippen molar-refractivity contribution in [1.82, 2.24) is 0 Å². The highest BCUT2D eigenvalue weighted by molar-refractivity contribution is 5.69. The van der Waals surface area contributed by atoms with Crippen molar-refractivity contribution in [3.8, 4) is 0 Å². The van der Waals surface area contributed by atoms with Gasteiger partial charge in [-0.25, -0.2) is 0 Å². The lowest BCUT2D eigenvalue weighted by Gasteiger charge is -2.27. The molecule has 5 heteroatoms. The first-order valence-electron chi connectivity index (χ1n) is 6.23. The lowest BCUT2D eigenvalue weighted by Crippen LogP contribution is -2.30. The number of carboxylic acid groups (broad SMARTS) is 1. The summed E-state index contributed by atoms with van der Waals surface area (Å²) in [6.45, 7) is 3.02. The second-order valence-electron chi connectivity index (χ2n) is 4.46. The van der Waals surface area contributed by atoms with Crippen molar-refractivity contribution in [3.05, 3.63) is 0 Å². The van der Waals surface area contributed by atoms with Crippen LogP contribution >= 0.6 is 0 Å². The standard InChI is InChI=1S/C12H22O5/c1-2-16-7-10(13)8-17-11-5-3-9(4-6-11)12(14)15/h9-11,13H,2-8H2,1H3,(H,14,15). The Kier molecular flexibility index (Phi) is 6.47. The molecule has 1 fully saturated rings. The van der Waals surface area contributed by atoms with Gasteiger partial charge in [0, 0.05) is 6.61 Å². The SMILES string of the molecule is CCOCC(O)COC1CCC(C(=O)O)CC1. The molecule has 0 spiro atoms. The van der Waals surface area contributed by atoms with Crippen molar-refractivity contribution in [1.29, 1.82) is 0 Å². The fraction of sp³-hybridized carbons (Fsp3) is 0.917. The topological polar surface area (TPSA) is 76.0 Å². The molecule has 1 rings (SSSR count). The van der Waals surface area contributed by atoms with Crippen LogP contribution in [-0.4, -0.2) is 48.2 Å². The molecule has 0 aromatic heterocycles. The minimum absolute atomic E-state index is 0.0851. The van der Waals surface area contributed by atoms with Crippen LogP contribution in [0.25, 0.3) is 0 Å². The molecular formula is C12H22O5. The maximum Gasteiger partial charge on any atom is 0.306 e. The highest BCUT2D eigenvalue weighted by Crippen LogP contribution is 2.26. The van der Waals surface area contributed by atoms with Crippen LogP contribution in [-0.2, 0) is 14.3 Å². The molecule has 1 unspecified atom stereocenters. The third kappa shape index (κ3) is 5.48. The molecule has 1 aliphatic rings. The second-order valence-corrected chi connectivity index (χ2v) is 4.46. The van der Waals surface area contributed by atoms with Crippen molar-refractivity contribution in [2.24, 2.45) is 5.92 Å². The Morgan fingerprint density at radius 3 is 2.47 bits per heavy atom. The van der Waals surface area contributed by atoms with E-state index in [9.17, 15) is 9.90 Å². The van der Waals surface area contributed by atoms with Gasteiger partial charge in [0.15, 0.2) is 0 Å². The monoisotopic (exact) mass is 246 g/mol. The molecular weight excluding hydrogens is 224 g/mol. The summed E-state index contributed by atoms with van der Waals surface area (Å²) in [5.41, 5.74) is 0. The van der Waals surface area contributed by atoms with Gasteiger partial charge in [0.25, 0.3) is 0 Å². The zero-order chi connectivity index (χ0) is 12.7. The minimum atomic E-state index is -0.708. The van der Waals surface area contributed by atoms with Crippen LogP contribution in [0.5, 0.6) is 0 Å². The predicted molar refractivity (Wildman–Crippen MR) is 61.8 cm³/mol. The summed E-state index contributed by atoms with van der Waals surface area (Å²) in [6, 6.07) is 0. The molecule has 0 aliphatic heterocycles. The van der Waals surface area contributed by atoms with E-state index in [1.165, 1.54) is 0 Å². The van der Waals surface area contributed by atoms with Gasteiger partial charge in [-0.05, 0) is 32.6 Å². The van der Waals surface area contributed by atoms with Gasteiger partial charge in [-0.1, -0.05) is 0 Å². The lowest BCUT2D eigenvalue weighted by molar-refractivity contribution is -0.144. The normalized spacial score (nSPS) is 26.7. The predicted octanol–water partition coefficient (Wildman–Crippen LogP) is 1.04. The first-order chi connectivity index (χ1) is 8.13. The summed E-state index contributed by atoms with van der Waals surface area (Å²) in [5, 5.41) is 18.3. The zero-order valence-corrected chi connectivity index (χ0v) is 10.3. The molecule has 0 aromatic carbocycles. The number of aliphatic hydroxyl groups excluding tert-OH is 1. The summed E-state index contributed by atoms with van der Waals surface area (Å²) in [5.74, 6) is -0.928. The molecule has 0 bridgehead atoms. The lowest BCUT2D eigenvalue weighted by atomic mass is 9.87. The summed E-state index contributed by atoms with van der Waals surface area (Å²) in [4.78, 5) is 10.7. The van der Waals surface area contributed by atoms with E-state index in [0.717, 1.165) is 12.8 Å². The minimum Gasteiger partial charge on any atom is -0.481 e. The van der Waals surface area contributed by atoms with E-state index in [0.29, 0.717) is 26.1 Å². The molecule has 0 heterocycles. The second kappa shape index (κ2) is 7.63. The number of aliphatic carboxylic acids is 1. The summed E-state index contributed by atoms with van der Waals surface area (Å²) in [7, 11) is 0. The third-order valence-corrected chi connectivity index (χ3v) is 3.06. The number of hydrogen-bond acceptors (Lipinski definition) is 4. The number of rotatable bonds is 7. The molecule has 5 nitrogen and oxygen atoms in total. The van der Waals surface area contributed by atoms with E-state index in [1.807, 2.05) is 6.92 Å². The Hall–Kier alpha value is -0.650. The highest BCUT2D eigenvalue weighted by atomic mass is 16.5. The average molecular weight is 246 g/mol. The smallest absolute Gasteiger partial charge is 0.306 e. The van der Waals surface area contributed by atoms with Crippen LogP contribution < -0.4 is 0 Å². The number of hydrogen-bond donors (Lipinski definition) is 2. The van der Waals surface area contributed by atoms with E-state index in [4.69, 9.17) is 14.6 Å². The van der Waals surface area contributed by atoms with Crippen molar-refractivity contribution in [2.45, 2.75) is 44.8 Å². The molecule has 0 radical (unpaired) electrons. The highest BCUT2D eigenvalue weighted by Gasteiger charge is 2.26. The van der Waals surface area contributed by atoms with Crippen molar-refractivity contribution < 1.29 is 24.5 Å². The Labute approximate surface area is 102 Å². The number of aliphatic hydroxyl groups is 1. The molecule has 1 saturated carbocycles. The quantitative estimate of drug-likeness (QED) is 0.702. The van der Waals surface area contributed by atoms with E-state index < -0.39 is 12.1 Å². The van der Waals surface area contributed by atoms with E-state index in [-0.39, 0.29) is 18.6 Å². The molecule has 2 N–H and O–H groups in total. The van der Waals surface area contributed by atoms with Crippen LogP contribution in [0.1, 0.15) is 32.6 Å². The molecule has 0 saturated heterocycles. The van der Waals surface area contributed by atoms with Crippen LogP contribution in [0.3, 0.4) is 0 Å². The number of carboxylic acids is 1. The summed E-state index contributed by atoms with van der Waals surface area (Å²) < 4.78 is 10.6.